The zero-order chi connectivity index (χ0) is 20.5. The molecule has 1 fully saturated rings. The summed E-state index contributed by atoms with van der Waals surface area (Å²) in [5.74, 6) is 0.441. The number of amides is 2. The first kappa shape index (κ1) is 18.9. The van der Waals surface area contributed by atoms with Crippen LogP contribution in [0, 0.1) is 19.8 Å². The molecule has 0 spiro atoms. The van der Waals surface area contributed by atoms with Crippen LogP contribution in [-0.2, 0) is 9.59 Å². The molecule has 1 saturated heterocycles. The molecule has 148 valence electrons. The van der Waals surface area contributed by atoms with E-state index in [0.29, 0.717) is 18.3 Å². The molecule has 1 aliphatic rings. The summed E-state index contributed by atoms with van der Waals surface area (Å²) in [4.78, 5) is 33.1. The first-order valence-corrected chi connectivity index (χ1v) is 9.48. The van der Waals surface area contributed by atoms with Gasteiger partial charge in [-0.2, -0.15) is 4.98 Å². The number of hydrogen-bond acceptors (Lipinski definition) is 5. The van der Waals surface area contributed by atoms with Crippen molar-refractivity contribution in [1.29, 1.82) is 0 Å². The molecular weight excluding hydrogens is 368 g/mol. The van der Waals surface area contributed by atoms with E-state index in [1.54, 1.807) is 23.8 Å². The SMILES string of the molecule is Cc1ccc(N(C)C(=O)[C@H]2CC(=O)N(c3cccc(-c4noc(C)n4)c3)C2)cc1. The number of anilines is 2. The molecule has 0 radical (unpaired) electrons. The molecular formula is C22H22N4O3. The second-order valence-electron chi connectivity index (χ2n) is 7.33. The van der Waals surface area contributed by atoms with Crippen LogP contribution in [0.3, 0.4) is 0 Å². The topological polar surface area (TPSA) is 79.5 Å². The van der Waals surface area contributed by atoms with E-state index in [0.717, 1.165) is 22.5 Å². The highest BCUT2D eigenvalue weighted by molar-refractivity contribution is 6.04. The van der Waals surface area contributed by atoms with Crippen molar-refractivity contribution in [2.45, 2.75) is 20.3 Å². The van der Waals surface area contributed by atoms with Crippen LogP contribution in [0.15, 0.2) is 53.1 Å². The minimum Gasteiger partial charge on any atom is -0.339 e. The maximum atomic E-state index is 13.0. The van der Waals surface area contributed by atoms with Gasteiger partial charge in [-0.3, -0.25) is 9.59 Å². The van der Waals surface area contributed by atoms with Gasteiger partial charge in [0, 0.05) is 43.9 Å². The molecule has 2 amide bonds. The number of carbonyl (C=O) groups excluding carboxylic acids is 2. The Labute approximate surface area is 168 Å². The Morgan fingerprint density at radius 1 is 1.17 bits per heavy atom. The van der Waals surface area contributed by atoms with Gasteiger partial charge in [0.05, 0.1) is 5.92 Å². The number of benzene rings is 2. The third-order valence-electron chi connectivity index (χ3n) is 5.17. The fraction of sp³-hybridized carbons (Fsp3) is 0.273. The Morgan fingerprint density at radius 3 is 2.62 bits per heavy atom. The number of rotatable bonds is 4. The summed E-state index contributed by atoms with van der Waals surface area (Å²) in [5, 5.41) is 3.93. The summed E-state index contributed by atoms with van der Waals surface area (Å²) in [6.07, 6.45) is 0.195. The Kier molecular flexibility index (Phi) is 4.88. The van der Waals surface area contributed by atoms with E-state index in [2.05, 4.69) is 10.1 Å². The highest BCUT2D eigenvalue weighted by atomic mass is 16.5. The molecule has 0 aliphatic carbocycles. The lowest BCUT2D eigenvalue weighted by Gasteiger charge is -2.22. The Balaban J connectivity index is 1.52. The van der Waals surface area contributed by atoms with Gasteiger partial charge >= 0.3 is 0 Å². The van der Waals surface area contributed by atoms with Gasteiger partial charge in [0.15, 0.2) is 0 Å². The van der Waals surface area contributed by atoms with E-state index in [1.807, 2.05) is 55.5 Å². The quantitative estimate of drug-likeness (QED) is 0.682. The molecule has 1 atom stereocenters. The number of hydrogen-bond donors (Lipinski definition) is 0. The second kappa shape index (κ2) is 7.50. The van der Waals surface area contributed by atoms with Gasteiger partial charge in [0.1, 0.15) is 0 Å². The zero-order valence-electron chi connectivity index (χ0n) is 16.6. The van der Waals surface area contributed by atoms with Crippen molar-refractivity contribution < 1.29 is 14.1 Å². The van der Waals surface area contributed by atoms with Gasteiger partial charge in [-0.25, -0.2) is 0 Å². The monoisotopic (exact) mass is 390 g/mol. The summed E-state index contributed by atoms with van der Waals surface area (Å²) in [6.45, 7) is 4.08. The number of aromatic nitrogens is 2. The largest absolute Gasteiger partial charge is 0.339 e. The maximum absolute atomic E-state index is 13.0. The molecule has 1 aliphatic heterocycles. The van der Waals surface area contributed by atoms with Gasteiger partial charge < -0.3 is 14.3 Å². The fourth-order valence-electron chi connectivity index (χ4n) is 3.52. The van der Waals surface area contributed by atoms with Crippen molar-refractivity contribution in [3.05, 3.63) is 60.0 Å². The molecule has 2 aromatic carbocycles. The lowest BCUT2D eigenvalue weighted by atomic mass is 10.1. The first-order chi connectivity index (χ1) is 13.9. The summed E-state index contributed by atoms with van der Waals surface area (Å²) in [7, 11) is 1.75. The zero-order valence-corrected chi connectivity index (χ0v) is 16.6. The summed E-state index contributed by atoms with van der Waals surface area (Å²) in [5.41, 5.74) is 3.44. The summed E-state index contributed by atoms with van der Waals surface area (Å²) in [6, 6.07) is 15.2. The van der Waals surface area contributed by atoms with Crippen LogP contribution in [-0.4, -0.2) is 35.5 Å². The molecule has 3 aromatic rings. The third kappa shape index (κ3) is 3.76. The lowest BCUT2D eigenvalue weighted by Crippen LogP contribution is -2.34. The highest BCUT2D eigenvalue weighted by Gasteiger charge is 2.37. The predicted octanol–water partition coefficient (Wildman–Crippen LogP) is 3.37. The van der Waals surface area contributed by atoms with Gasteiger partial charge in [0.2, 0.25) is 23.5 Å². The Bertz CT molecular complexity index is 1060. The third-order valence-corrected chi connectivity index (χ3v) is 5.17. The van der Waals surface area contributed by atoms with Crippen LogP contribution in [0.2, 0.25) is 0 Å². The molecule has 0 bridgehead atoms. The van der Waals surface area contributed by atoms with Crippen LogP contribution >= 0.6 is 0 Å². The standard InChI is InChI=1S/C22H22N4O3/c1-14-7-9-18(10-8-14)25(3)22(28)17-12-20(27)26(13-17)19-6-4-5-16(11-19)21-23-15(2)29-24-21/h4-11,17H,12-13H2,1-3H3/t17-/m0/s1. The van der Waals surface area contributed by atoms with Crippen LogP contribution < -0.4 is 9.80 Å². The smallest absolute Gasteiger partial charge is 0.232 e. The number of nitrogens with zero attached hydrogens (tertiary/aromatic N) is 4. The number of aryl methyl sites for hydroxylation is 2. The molecule has 7 nitrogen and oxygen atoms in total. The summed E-state index contributed by atoms with van der Waals surface area (Å²) >= 11 is 0. The Hall–Kier alpha value is -3.48. The fourth-order valence-corrected chi connectivity index (χ4v) is 3.52. The normalized spacial score (nSPS) is 16.3. The minimum atomic E-state index is -0.384. The molecule has 0 unspecified atom stereocenters. The van der Waals surface area contributed by atoms with Crippen molar-refractivity contribution in [2.75, 3.05) is 23.4 Å². The molecule has 7 heteroatoms. The van der Waals surface area contributed by atoms with E-state index in [1.165, 1.54) is 0 Å². The van der Waals surface area contributed by atoms with Gasteiger partial charge in [-0.1, -0.05) is 35.0 Å². The molecule has 2 heterocycles. The predicted molar refractivity (Wildman–Crippen MR) is 110 cm³/mol. The van der Waals surface area contributed by atoms with Crippen molar-refractivity contribution in [2.24, 2.45) is 5.92 Å². The highest BCUT2D eigenvalue weighted by Crippen LogP contribution is 2.30. The molecule has 4 rings (SSSR count). The average Bonchev–Trinajstić information content (AvgIpc) is 3.33. The van der Waals surface area contributed by atoms with Gasteiger partial charge in [0.25, 0.3) is 0 Å². The van der Waals surface area contributed by atoms with Crippen molar-refractivity contribution in [3.63, 3.8) is 0 Å². The number of carbonyl (C=O) groups is 2. The van der Waals surface area contributed by atoms with E-state index in [9.17, 15) is 9.59 Å². The average molecular weight is 390 g/mol. The van der Waals surface area contributed by atoms with Crippen molar-refractivity contribution in [3.8, 4) is 11.4 Å². The Morgan fingerprint density at radius 2 is 1.93 bits per heavy atom. The van der Waals surface area contributed by atoms with Crippen LogP contribution in [0.25, 0.3) is 11.4 Å². The van der Waals surface area contributed by atoms with E-state index in [-0.39, 0.29) is 24.2 Å². The van der Waals surface area contributed by atoms with Crippen molar-refractivity contribution in [1.82, 2.24) is 10.1 Å². The van der Waals surface area contributed by atoms with Crippen LogP contribution in [0.1, 0.15) is 17.9 Å². The van der Waals surface area contributed by atoms with Crippen LogP contribution in [0.4, 0.5) is 11.4 Å². The minimum absolute atomic E-state index is 0.0605. The van der Waals surface area contributed by atoms with E-state index >= 15 is 0 Å². The van der Waals surface area contributed by atoms with E-state index in [4.69, 9.17) is 4.52 Å². The van der Waals surface area contributed by atoms with Gasteiger partial charge in [-0.05, 0) is 31.2 Å². The molecule has 0 saturated carbocycles. The van der Waals surface area contributed by atoms with Crippen molar-refractivity contribution >= 4 is 23.2 Å². The van der Waals surface area contributed by atoms with Crippen LogP contribution in [0.5, 0.6) is 0 Å². The molecule has 1 aromatic heterocycles. The van der Waals surface area contributed by atoms with Gasteiger partial charge in [-0.15, -0.1) is 0 Å². The summed E-state index contributed by atoms with van der Waals surface area (Å²) < 4.78 is 5.04. The molecule has 29 heavy (non-hydrogen) atoms. The lowest BCUT2D eigenvalue weighted by molar-refractivity contribution is -0.124. The molecule has 0 N–H and O–H groups in total. The van der Waals surface area contributed by atoms with E-state index < -0.39 is 0 Å². The maximum Gasteiger partial charge on any atom is 0.232 e. The second-order valence-corrected chi connectivity index (χ2v) is 7.33. The first-order valence-electron chi connectivity index (χ1n) is 9.48.